The van der Waals surface area contributed by atoms with E-state index in [1.54, 1.807) is 0 Å². The number of anilines is 1. The maximum atomic E-state index is 12.9. The third-order valence-corrected chi connectivity index (χ3v) is 6.98. The summed E-state index contributed by atoms with van der Waals surface area (Å²) in [6, 6.07) is 27.2. The molecule has 0 bridgehead atoms. The summed E-state index contributed by atoms with van der Waals surface area (Å²) in [5, 5.41) is 3.14. The highest BCUT2D eigenvalue weighted by Crippen LogP contribution is 2.24. The molecule has 1 aliphatic heterocycles. The Hall–Kier alpha value is -2.56. The van der Waals surface area contributed by atoms with Gasteiger partial charge in [0.05, 0.1) is 5.92 Å². The average Bonchev–Trinajstić information content (AvgIpc) is 2.81. The lowest BCUT2D eigenvalue weighted by Crippen LogP contribution is -2.40. The molecule has 0 aromatic heterocycles. The Morgan fingerprint density at radius 3 is 2.52 bits per heavy atom. The summed E-state index contributed by atoms with van der Waals surface area (Å²) in [4.78, 5) is 16.6. The minimum Gasteiger partial charge on any atom is -0.326 e. The van der Waals surface area contributed by atoms with Crippen LogP contribution in [-0.4, -0.2) is 23.9 Å². The van der Waals surface area contributed by atoms with Crippen LogP contribution in [0.2, 0.25) is 0 Å². The van der Waals surface area contributed by atoms with Gasteiger partial charge in [-0.2, -0.15) is 0 Å². The first-order chi connectivity index (χ1) is 15.2. The molecule has 3 aromatic carbocycles. The second kappa shape index (κ2) is 10.7. The maximum absolute atomic E-state index is 12.9. The number of amides is 1. The molecule has 3 nitrogen and oxygen atoms in total. The molecule has 0 saturated carbocycles. The number of benzene rings is 3. The molecule has 0 radical (unpaired) electrons. The average molecular weight is 431 g/mol. The van der Waals surface area contributed by atoms with E-state index >= 15 is 0 Å². The molecule has 0 aliphatic carbocycles. The van der Waals surface area contributed by atoms with Crippen LogP contribution in [0.4, 0.5) is 5.69 Å². The first-order valence-corrected chi connectivity index (χ1v) is 12.0. The number of hydrogen-bond acceptors (Lipinski definition) is 3. The van der Waals surface area contributed by atoms with E-state index < -0.39 is 0 Å². The van der Waals surface area contributed by atoms with Gasteiger partial charge < -0.3 is 5.32 Å². The Labute approximate surface area is 189 Å². The van der Waals surface area contributed by atoms with Crippen LogP contribution in [0.15, 0.2) is 83.8 Å². The van der Waals surface area contributed by atoms with Gasteiger partial charge in [-0.1, -0.05) is 54.6 Å². The fourth-order valence-electron chi connectivity index (χ4n) is 4.05. The van der Waals surface area contributed by atoms with E-state index in [0.29, 0.717) is 0 Å². The van der Waals surface area contributed by atoms with Crippen molar-refractivity contribution < 1.29 is 4.79 Å². The van der Waals surface area contributed by atoms with E-state index in [2.05, 4.69) is 77.8 Å². The zero-order valence-electron chi connectivity index (χ0n) is 18.1. The van der Waals surface area contributed by atoms with Crippen molar-refractivity contribution in [3.8, 4) is 0 Å². The van der Waals surface area contributed by atoms with Gasteiger partial charge in [-0.15, -0.1) is 11.8 Å². The molecular weight excluding hydrogens is 400 g/mol. The van der Waals surface area contributed by atoms with E-state index in [1.807, 2.05) is 30.0 Å². The van der Waals surface area contributed by atoms with E-state index in [1.165, 1.54) is 21.6 Å². The summed E-state index contributed by atoms with van der Waals surface area (Å²) in [6.45, 7) is 4.97. The van der Waals surface area contributed by atoms with Crippen molar-refractivity contribution in [2.75, 3.05) is 18.4 Å². The van der Waals surface area contributed by atoms with Gasteiger partial charge in [0.25, 0.3) is 0 Å². The molecule has 1 saturated heterocycles. The molecule has 1 aliphatic rings. The Morgan fingerprint density at radius 2 is 1.74 bits per heavy atom. The van der Waals surface area contributed by atoms with Crippen LogP contribution in [0.1, 0.15) is 29.5 Å². The van der Waals surface area contributed by atoms with Gasteiger partial charge in [-0.05, 0) is 67.3 Å². The Bertz CT molecular complexity index is 988. The largest absolute Gasteiger partial charge is 0.326 e. The van der Waals surface area contributed by atoms with Gasteiger partial charge >= 0.3 is 0 Å². The van der Waals surface area contributed by atoms with Gasteiger partial charge in [0.1, 0.15) is 0 Å². The molecule has 1 unspecified atom stereocenters. The lowest BCUT2D eigenvalue weighted by Gasteiger charge is -2.32. The highest BCUT2D eigenvalue weighted by Gasteiger charge is 2.26. The number of carbonyl (C=O) groups is 1. The SMILES string of the molecule is Cc1ccccc1CN1CCCC(C(=O)Nc2ccc(CSc3ccccc3)cc2)C1. The monoisotopic (exact) mass is 430 g/mol. The molecule has 1 fully saturated rings. The first-order valence-electron chi connectivity index (χ1n) is 11.0. The van der Waals surface area contributed by atoms with Crippen molar-refractivity contribution in [2.24, 2.45) is 5.92 Å². The molecule has 1 heterocycles. The topological polar surface area (TPSA) is 32.3 Å². The Morgan fingerprint density at radius 1 is 1.00 bits per heavy atom. The number of piperidine rings is 1. The van der Waals surface area contributed by atoms with Crippen molar-refractivity contribution in [1.82, 2.24) is 4.90 Å². The molecule has 3 aromatic rings. The molecule has 1 amide bonds. The predicted octanol–water partition coefficient (Wildman–Crippen LogP) is 6.14. The number of thioether (sulfide) groups is 1. The van der Waals surface area contributed by atoms with E-state index in [9.17, 15) is 4.79 Å². The highest BCUT2D eigenvalue weighted by atomic mass is 32.2. The van der Waals surface area contributed by atoms with Crippen LogP contribution in [-0.2, 0) is 17.1 Å². The lowest BCUT2D eigenvalue weighted by atomic mass is 9.96. The summed E-state index contributed by atoms with van der Waals surface area (Å²) >= 11 is 1.82. The van der Waals surface area contributed by atoms with Crippen LogP contribution >= 0.6 is 11.8 Å². The van der Waals surface area contributed by atoms with Crippen molar-refractivity contribution in [1.29, 1.82) is 0 Å². The summed E-state index contributed by atoms with van der Waals surface area (Å²) < 4.78 is 0. The number of rotatable bonds is 7. The van der Waals surface area contributed by atoms with Gasteiger partial charge in [-0.25, -0.2) is 0 Å². The Kier molecular flexibility index (Phi) is 7.44. The summed E-state index contributed by atoms with van der Waals surface area (Å²) in [7, 11) is 0. The Balaban J connectivity index is 1.28. The predicted molar refractivity (Wildman–Crippen MR) is 130 cm³/mol. The van der Waals surface area contributed by atoms with Crippen LogP contribution in [0.25, 0.3) is 0 Å². The molecule has 160 valence electrons. The third-order valence-electron chi connectivity index (χ3n) is 5.90. The van der Waals surface area contributed by atoms with E-state index in [0.717, 1.165) is 43.9 Å². The van der Waals surface area contributed by atoms with E-state index in [-0.39, 0.29) is 11.8 Å². The number of nitrogens with zero attached hydrogens (tertiary/aromatic N) is 1. The smallest absolute Gasteiger partial charge is 0.228 e. The van der Waals surface area contributed by atoms with E-state index in [4.69, 9.17) is 0 Å². The minimum atomic E-state index is 0.0473. The highest BCUT2D eigenvalue weighted by molar-refractivity contribution is 7.98. The van der Waals surface area contributed by atoms with Gasteiger partial charge in [0.2, 0.25) is 5.91 Å². The lowest BCUT2D eigenvalue weighted by molar-refractivity contribution is -0.121. The van der Waals surface area contributed by atoms with Crippen LogP contribution in [0.3, 0.4) is 0 Å². The minimum absolute atomic E-state index is 0.0473. The number of likely N-dealkylation sites (tertiary alicyclic amines) is 1. The normalized spacial score (nSPS) is 16.7. The molecule has 1 atom stereocenters. The van der Waals surface area contributed by atoms with Gasteiger partial charge in [0, 0.05) is 29.4 Å². The molecule has 4 rings (SSSR count). The van der Waals surface area contributed by atoms with Crippen LogP contribution in [0.5, 0.6) is 0 Å². The quantitative estimate of drug-likeness (QED) is 0.457. The van der Waals surface area contributed by atoms with Crippen molar-refractivity contribution in [3.63, 3.8) is 0 Å². The number of nitrogens with one attached hydrogen (secondary N) is 1. The van der Waals surface area contributed by atoms with Crippen molar-refractivity contribution in [2.45, 2.75) is 37.0 Å². The second-order valence-corrected chi connectivity index (χ2v) is 9.34. The number of carbonyl (C=O) groups excluding carboxylic acids is 1. The fraction of sp³-hybridized carbons (Fsp3) is 0.296. The molecule has 4 heteroatoms. The summed E-state index contributed by atoms with van der Waals surface area (Å²) in [5.74, 6) is 1.11. The molecule has 1 N–H and O–H groups in total. The van der Waals surface area contributed by atoms with Gasteiger partial charge in [-0.3, -0.25) is 9.69 Å². The summed E-state index contributed by atoms with van der Waals surface area (Å²) in [6.07, 6.45) is 2.03. The molecule has 31 heavy (non-hydrogen) atoms. The van der Waals surface area contributed by atoms with Crippen molar-refractivity contribution in [3.05, 3.63) is 95.6 Å². The third kappa shape index (κ3) is 6.22. The molecular formula is C27H30N2OS. The first kappa shape index (κ1) is 21.7. The summed E-state index contributed by atoms with van der Waals surface area (Å²) in [5.41, 5.74) is 4.82. The molecule has 0 spiro atoms. The second-order valence-electron chi connectivity index (χ2n) is 8.29. The fourth-order valence-corrected chi connectivity index (χ4v) is 4.93. The zero-order chi connectivity index (χ0) is 21.5. The number of hydrogen-bond donors (Lipinski definition) is 1. The van der Waals surface area contributed by atoms with Crippen molar-refractivity contribution >= 4 is 23.4 Å². The zero-order valence-corrected chi connectivity index (χ0v) is 18.9. The maximum Gasteiger partial charge on any atom is 0.228 e. The standard InChI is InChI=1S/C27H30N2OS/c1-21-8-5-6-9-23(21)18-29-17-7-10-24(19-29)27(30)28-25-15-13-22(14-16-25)20-31-26-11-3-2-4-12-26/h2-6,8-9,11-16,24H,7,10,17-20H2,1H3,(H,28,30). The number of aryl methyl sites for hydroxylation is 1. The van der Waals surface area contributed by atoms with Crippen LogP contribution < -0.4 is 5.32 Å². The van der Waals surface area contributed by atoms with Crippen LogP contribution in [0, 0.1) is 12.8 Å². The van der Waals surface area contributed by atoms with Gasteiger partial charge in [0.15, 0.2) is 0 Å².